The minimum atomic E-state index is -0.488. The van der Waals surface area contributed by atoms with Crippen LogP contribution in [0.2, 0.25) is 0 Å². The zero-order valence-corrected chi connectivity index (χ0v) is 21.3. The Morgan fingerprint density at radius 3 is 0.935 bits per heavy atom. The van der Waals surface area contributed by atoms with Gasteiger partial charge in [0, 0.05) is 19.3 Å². The molecule has 0 aromatic carbocycles. The van der Waals surface area contributed by atoms with E-state index in [0.717, 1.165) is 0 Å². The van der Waals surface area contributed by atoms with Crippen LogP contribution >= 0.6 is 0 Å². The first-order chi connectivity index (χ1) is 14.0. The summed E-state index contributed by atoms with van der Waals surface area (Å²) < 4.78 is 16.1. The molecule has 0 bridgehead atoms. The fourth-order valence-corrected chi connectivity index (χ4v) is 2.85. The largest absolute Gasteiger partial charge is 0.460 e. The average molecular weight is 444 g/mol. The second-order valence-electron chi connectivity index (χ2n) is 10.9. The molecule has 0 unspecified atom stereocenters. The summed E-state index contributed by atoms with van der Waals surface area (Å²) >= 11 is 0. The third-order valence-electron chi connectivity index (χ3n) is 3.83. The minimum Gasteiger partial charge on any atom is -0.460 e. The molecule has 0 heterocycles. The van der Waals surface area contributed by atoms with Crippen molar-refractivity contribution in [1.29, 1.82) is 0 Å². The molecule has 0 aromatic heterocycles. The molecule has 0 aliphatic carbocycles. The van der Waals surface area contributed by atoms with E-state index in [-0.39, 0.29) is 17.9 Å². The van der Waals surface area contributed by atoms with Crippen LogP contribution in [0.25, 0.3) is 0 Å². The highest BCUT2D eigenvalue weighted by Gasteiger charge is 2.19. The summed E-state index contributed by atoms with van der Waals surface area (Å²) in [5.41, 5.74) is -1.47. The van der Waals surface area contributed by atoms with E-state index in [9.17, 15) is 14.4 Å². The molecule has 0 aliphatic rings. The highest BCUT2D eigenvalue weighted by molar-refractivity contribution is 5.70. The number of hydrogen-bond donors (Lipinski definition) is 0. The standard InChI is InChI=1S/C24H45NO6/c1-22(2,3)29-19(26)13-10-16-25(17-11-14-20(27)30-23(4,5)6)18-12-15-21(28)31-24(7,8)9/h10-18H2,1-9H3. The van der Waals surface area contributed by atoms with E-state index < -0.39 is 16.8 Å². The lowest BCUT2D eigenvalue weighted by molar-refractivity contribution is -0.155. The molecular weight excluding hydrogens is 398 g/mol. The first kappa shape index (κ1) is 29.4. The Bertz CT molecular complexity index is 485. The predicted octanol–water partition coefficient (Wildman–Crippen LogP) is 4.65. The maximum Gasteiger partial charge on any atom is 0.306 e. The Hall–Kier alpha value is -1.63. The number of hydrogen-bond acceptors (Lipinski definition) is 7. The van der Waals surface area contributed by atoms with Gasteiger partial charge in [0.25, 0.3) is 0 Å². The summed E-state index contributed by atoms with van der Waals surface area (Å²) in [6.45, 7) is 18.8. The normalized spacial score (nSPS) is 12.6. The summed E-state index contributed by atoms with van der Waals surface area (Å²) in [6.07, 6.45) is 3.00. The van der Waals surface area contributed by atoms with Crippen LogP contribution in [0.1, 0.15) is 101 Å². The van der Waals surface area contributed by atoms with Gasteiger partial charge in [-0.1, -0.05) is 0 Å². The highest BCUT2D eigenvalue weighted by atomic mass is 16.6. The van der Waals surface area contributed by atoms with E-state index in [0.29, 0.717) is 58.2 Å². The Morgan fingerprint density at radius 1 is 0.516 bits per heavy atom. The van der Waals surface area contributed by atoms with Gasteiger partial charge in [0.2, 0.25) is 0 Å². The van der Waals surface area contributed by atoms with Crippen molar-refractivity contribution in [3.05, 3.63) is 0 Å². The SMILES string of the molecule is CC(C)(C)OC(=O)CCCN(CCCC(=O)OC(C)(C)C)CCCC(=O)OC(C)(C)C. The van der Waals surface area contributed by atoms with Gasteiger partial charge in [0.1, 0.15) is 16.8 Å². The maximum atomic E-state index is 11.9. The van der Waals surface area contributed by atoms with E-state index in [4.69, 9.17) is 14.2 Å². The maximum absolute atomic E-state index is 11.9. The zero-order valence-electron chi connectivity index (χ0n) is 21.3. The molecule has 0 rings (SSSR count). The molecule has 7 nitrogen and oxygen atoms in total. The minimum absolute atomic E-state index is 0.213. The van der Waals surface area contributed by atoms with Crippen LogP contribution in [-0.4, -0.2) is 59.2 Å². The third kappa shape index (κ3) is 20.0. The smallest absolute Gasteiger partial charge is 0.306 e. The van der Waals surface area contributed by atoms with Gasteiger partial charge < -0.3 is 19.1 Å². The van der Waals surface area contributed by atoms with Gasteiger partial charge in [-0.3, -0.25) is 14.4 Å². The fraction of sp³-hybridized carbons (Fsp3) is 0.875. The van der Waals surface area contributed by atoms with Crippen LogP contribution < -0.4 is 0 Å². The zero-order chi connectivity index (χ0) is 24.3. The Morgan fingerprint density at radius 2 is 0.742 bits per heavy atom. The summed E-state index contributed by atoms with van der Waals surface area (Å²) in [5, 5.41) is 0. The molecule has 0 N–H and O–H groups in total. The van der Waals surface area contributed by atoms with E-state index in [1.165, 1.54) is 0 Å². The number of carbonyl (C=O) groups excluding carboxylic acids is 3. The quantitative estimate of drug-likeness (QED) is 0.321. The molecule has 0 aliphatic heterocycles. The van der Waals surface area contributed by atoms with Crippen molar-refractivity contribution >= 4 is 17.9 Å². The molecule has 0 radical (unpaired) electrons. The predicted molar refractivity (Wildman–Crippen MR) is 122 cm³/mol. The van der Waals surface area contributed by atoms with E-state index in [1.807, 2.05) is 62.3 Å². The van der Waals surface area contributed by atoms with Gasteiger partial charge in [-0.25, -0.2) is 0 Å². The molecule has 31 heavy (non-hydrogen) atoms. The summed E-state index contributed by atoms with van der Waals surface area (Å²) in [4.78, 5) is 38.0. The van der Waals surface area contributed by atoms with Crippen LogP contribution in [-0.2, 0) is 28.6 Å². The first-order valence-corrected chi connectivity index (χ1v) is 11.3. The van der Waals surface area contributed by atoms with Crippen LogP contribution in [0.4, 0.5) is 0 Å². The Kier molecular flexibility index (Phi) is 12.4. The summed E-state index contributed by atoms with van der Waals surface area (Å²) in [7, 11) is 0. The molecule has 0 saturated heterocycles. The lowest BCUT2D eigenvalue weighted by Crippen LogP contribution is -2.30. The second kappa shape index (κ2) is 13.0. The van der Waals surface area contributed by atoms with Crippen LogP contribution in [0.15, 0.2) is 0 Å². The third-order valence-corrected chi connectivity index (χ3v) is 3.83. The monoisotopic (exact) mass is 443 g/mol. The topological polar surface area (TPSA) is 82.1 Å². The molecular formula is C24H45NO6. The van der Waals surface area contributed by atoms with Crippen molar-refractivity contribution in [1.82, 2.24) is 4.90 Å². The fourth-order valence-electron chi connectivity index (χ4n) is 2.85. The van der Waals surface area contributed by atoms with Gasteiger partial charge >= 0.3 is 17.9 Å². The Labute approximate surface area is 189 Å². The van der Waals surface area contributed by atoms with Crippen LogP contribution in [0.3, 0.4) is 0 Å². The number of rotatable bonds is 12. The van der Waals surface area contributed by atoms with Gasteiger partial charge in [-0.05, 0) is 101 Å². The lowest BCUT2D eigenvalue weighted by atomic mass is 10.1. The lowest BCUT2D eigenvalue weighted by Gasteiger charge is -2.24. The molecule has 0 spiro atoms. The van der Waals surface area contributed by atoms with Gasteiger partial charge in [-0.2, -0.15) is 0 Å². The van der Waals surface area contributed by atoms with Crippen LogP contribution in [0.5, 0.6) is 0 Å². The number of esters is 3. The van der Waals surface area contributed by atoms with Crippen molar-refractivity contribution in [3.8, 4) is 0 Å². The average Bonchev–Trinajstić information content (AvgIpc) is 2.49. The molecule has 0 fully saturated rings. The number of nitrogens with zero attached hydrogens (tertiary/aromatic N) is 1. The molecule has 182 valence electrons. The summed E-state index contributed by atoms with van der Waals surface area (Å²) in [6, 6.07) is 0. The molecule has 0 aromatic rings. The van der Waals surface area contributed by atoms with Gasteiger partial charge in [0.05, 0.1) is 0 Å². The van der Waals surface area contributed by atoms with Crippen molar-refractivity contribution in [2.24, 2.45) is 0 Å². The molecule has 7 heteroatoms. The van der Waals surface area contributed by atoms with Crippen molar-refractivity contribution in [2.75, 3.05) is 19.6 Å². The first-order valence-electron chi connectivity index (χ1n) is 11.3. The van der Waals surface area contributed by atoms with Crippen molar-refractivity contribution in [2.45, 2.75) is 118 Å². The van der Waals surface area contributed by atoms with Gasteiger partial charge in [0.15, 0.2) is 0 Å². The van der Waals surface area contributed by atoms with Crippen molar-refractivity contribution in [3.63, 3.8) is 0 Å². The van der Waals surface area contributed by atoms with Gasteiger partial charge in [-0.15, -0.1) is 0 Å². The molecule has 0 atom stereocenters. The Balaban J connectivity index is 4.55. The summed E-state index contributed by atoms with van der Waals surface area (Å²) in [5.74, 6) is -0.639. The van der Waals surface area contributed by atoms with E-state index in [2.05, 4.69) is 4.90 Å². The highest BCUT2D eigenvalue weighted by Crippen LogP contribution is 2.13. The number of carbonyl (C=O) groups is 3. The van der Waals surface area contributed by atoms with Crippen LogP contribution in [0, 0.1) is 0 Å². The van der Waals surface area contributed by atoms with Crippen molar-refractivity contribution < 1.29 is 28.6 Å². The molecule has 0 amide bonds. The second-order valence-corrected chi connectivity index (χ2v) is 10.9. The number of ether oxygens (including phenoxy) is 3. The molecule has 0 saturated carbocycles. The van der Waals surface area contributed by atoms with E-state index >= 15 is 0 Å². The van der Waals surface area contributed by atoms with E-state index in [1.54, 1.807) is 0 Å².